The van der Waals surface area contributed by atoms with Crippen LogP contribution < -0.4 is 0 Å². The fraction of sp³-hybridized carbons (Fsp3) is 0.250. The highest BCUT2D eigenvalue weighted by Crippen LogP contribution is 2.35. The van der Waals surface area contributed by atoms with Gasteiger partial charge in [-0.05, 0) is 6.92 Å². The molecule has 8 nitrogen and oxygen atoms in total. The van der Waals surface area contributed by atoms with Gasteiger partial charge in [-0.2, -0.15) is 18.3 Å². The molecule has 2 rings (SSSR count). The minimum absolute atomic E-state index is 0.127. The van der Waals surface area contributed by atoms with Crippen molar-refractivity contribution >= 4 is 23.3 Å². The predicted octanol–water partition coefficient (Wildman–Crippen LogP) is 3.02. The lowest BCUT2D eigenvalue weighted by atomic mass is 10.2. The number of hydrogen-bond donors (Lipinski definition) is 0. The van der Waals surface area contributed by atoms with Gasteiger partial charge in [0.1, 0.15) is 11.8 Å². The fourth-order valence-electron chi connectivity index (χ4n) is 1.82. The Morgan fingerprint density at radius 1 is 1.46 bits per heavy atom. The summed E-state index contributed by atoms with van der Waals surface area (Å²) in [6, 6.07) is 0.829. The molecular weight excluding hydrogens is 357 g/mol. The van der Waals surface area contributed by atoms with E-state index < -0.39 is 44.9 Å². The largest absolute Gasteiger partial charge is 0.462 e. The lowest BCUT2D eigenvalue weighted by Crippen LogP contribution is -2.19. The molecule has 0 aromatic carbocycles. The summed E-state index contributed by atoms with van der Waals surface area (Å²) in [6.07, 6.45) is -3.57. The normalized spacial score (nSPS) is 11.4. The van der Waals surface area contributed by atoms with Crippen molar-refractivity contribution in [3.63, 3.8) is 0 Å². The van der Waals surface area contributed by atoms with Crippen LogP contribution in [0.1, 0.15) is 23.0 Å². The quantitative estimate of drug-likeness (QED) is 0.469. The molecule has 0 radical (unpaired) electrons. The monoisotopic (exact) mass is 364 g/mol. The zero-order valence-electron chi connectivity index (χ0n) is 11.9. The smallest absolute Gasteiger partial charge is 0.434 e. The van der Waals surface area contributed by atoms with Crippen LogP contribution in [-0.4, -0.2) is 32.3 Å². The zero-order chi connectivity index (χ0) is 18.1. The molecule has 0 bridgehead atoms. The fourth-order valence-corrected chi connectivity index (χ4v) is 2.06. The first-order valence-electron chi connectivity index (χ1n) is 6.29. The Hall–Kier alpha value is -2.69. The molecule has 2 heterocycles. The molecule has 0 unspecified atom stereocenters. The first-order chi connectivity index (χ1) is 11.2. The van der Waals surface area contributed by atoms with Gasteiger partial charge < -0.3 is 4.74 Å². The second kappa shape index (κ2) is 6.43. The van der Waals surface area contributed by atoms with Crippen molar-refractivity contribution in [3.05, 3.63) is 44.9 Å². The Kier molecular flexibility index (Phi) is 4.73. The number of hydrogen-bond acceptors (Lipinski definition) is 6. The second-order valence-electron chi connectivity index (χ2n) is 4.29. The Morgan fingerprint density at radius 3 is 2.62 bits per heavy atom. The Balaban J connectivity index is 2.63. The van der Waals surface area contributed by atoms with Crippen molar-refractivity contribution in [1.82, 2.24) is 14.8 Å². The van der Waals surface area contributed by atoms with E-state index in [0.29, 0.717) is 6.20 Å². The molecule has 2 aromatic rings. The van der Waals surface area contributed by atoms with E-state index in [0.717, 1.165) is 12.3 Å². The molecule has 0 N–H and O–H groups in total. The highest BCUT2D eigenvalue weighted by Gasteiger charge is 2.41. The van der Waals surface area contributed by atoms with Crippen molar-refractivity contribution in [2.75, 3.05) is 6.61 Å². The van der Waals surface area contributed by atoms with Crippen LogP contribution in [0.25, 0.3) is 5.82 Å². The van der Waals surface area contributed by atoms with Gasteiger partial charge in [-0.15, -0.1) is 0 Å². The first kappa shape index (κ1) is 17.7. The van der Waals surface area contributed by atoms with Crippen LogP contribution in [0.4, 0.5) is 18.9 Å². The summed E-state index contributed by atoms with van der Waals surface area (Å²) in [6.45, 7) is 1.31. The van der Waals surface area contributed by atoms with Gasteiger partial charge in [0, 0.05) is 6.07 Å². The summed E-state index contributed by atoms with van der Waals surface area (Å²) in [5.74, 6) is -1.72. The topological polar surface area (TPSA) is 100 Å². The number of pyridine rings is 1. The first-order valence-corrected chi connectivity index (χ1v) is 6.67. The van der Waals surface area contributed by atoms with Crippen molar-refractivity contribution in [3.8, 4) is 5.82 Å². The Bertz CT molecular complexity index is 806. The number of nitrogens with zero attached hydrogens (tertiary/aromatic N) is 4. The second-order valence-corrected chi connectivity index (χ2v) is 4.70. The molecule has 2 aromatic heterocycles. The van der Waals surface area contributed by atoms with E-state index in [1.54, 1.807) is 0 Å². The van der Waals surface area contributed by atoms with E-state index in [1.165, 1.54) is 6.92 Å². The van der Waals surface area contributed by atoms with Crippen molar-refractivity contribution in [2.45, 2.75) is 13.1 Å². The van der Waals surface area contributed by atoms with E-state index in [9.17, 15) is 28.1 Å². The molecule has 0 atom stereocenters. The highest BCUT2D eigenvalue weighted by atomic mass is 35.5. The minimum atomic E-state index is -4.97. The van der Waals surface area contributed by atoms with Crippen LogP contribution in [0, 0.1) is 10.1 Å². The van der Waals surface area contributed by atoms with Gasteiger partial charge in [0.25, 0.3) is 5.69 Å². The molecule has 0 fully saturated rings. The van der Waals surface area contributed by atoms with Crippen LogP contribution in [0.15, 0.2) is 18.5 Å². The zero-order valence-corrected chi connectivity index (χ0v) is 12.6. The van der Waals surface area contributed by atoms with Gasteiger partial charge in [-0.25, -0.2) is 14.5 Å². The third-order valence-corrected chi connectivity index (χ3v) is 3.03. The van der Waals surface area contributed by atoms with Crippen LogP contribution in [0.3, 0.4) is 0 Å². The number of carbonyl (C=O) groups is 1. The maximum Gasteiger partial charge on any atom is 0.434 e. The van der Waals surface area contributed by atoms with E-state index in [2.05, 4.69) is 14.8 Å². The summed E-state index contributed by atoms with van der Waals surface area (Å²) < 4.78 is 44.8. The molecule has 0 amide bonds. The van der Waals surface area contributed by atoms with Gasteiger partial charge >= 0.3 is 12.1 Å². The molecule has 12 heteroatoms. The van der Waals surface area contributed by atoms with Gasteiger partial charge in [0.15, 0.2) is 11.5 Å². The third kappa shape index (κ3) is 3.30. The Labute approximate surface area is 137 Å². The molecular formula is C12H8ClF3N4O4. The van der Waals surface area contributed by atoms with E-state index in [-0.39, 0.29) is 11.3 Å². The SMILES string of the molecule is CCOC(=O)c1cnn(-c2ncc([N+](=O)[O-])cc2Cl)c1C(F)(F)F. The van der Waals surface area contributed by atoms with Crippen LogP contribution >= 0.6 is 11.6 Å². The number of esters is 1. The lowest BCUT2D eigenvalue weighted by molar-refractivity contribution is -0.385. The number of rotatable bonds is 4. The number of halogens is 4. The predicted molar refractivity (Wildman–Crippen MR) is 74.0 cm³/mol. The number of nitro groups is 1. The number of alkyl halides is 3. The summed E-state index contributed by atoms with van der Waals surface area (Å²) in [7, 11) is 0. The summed E-state index contributed by atoms with van der Waals surface area (Å²) in [4.78, 5) is 25.0. The average Bonchev–Trinajstić information content (AvgIpc) is 2.92. The number of aromatic nitrogens is 3. The average molecular weight is 365 g/mol. The third-order valence-electron chi connectivity index (χ3n) is 2.75. The Morgan fingerprint density at radius 2 is 2.12 bits per heavy atom. The van der Waals surface area contributed by atoms with Crippen molar-refractivity contribution < 1.29 is 27.6 Å². The highest BCUT2D eigenvalue weighted by molar-refractivity contribution is 6.32. The van der Waals surface area contributed by atoms with Crippen molar-refractivity contribution in [1.29, 1.82) is 0 Å². The summed E-state index contributed by atoms with van der Waals surface area (Å²) in [5, 5.41) is 13.7. The molecule has 0 aliphatic carbocycles. The van der Waals surface area contributed by atoms with Crippen molar-refractivity contribution in [2.24, 2.45) is 0 Å². The maximum atomic E-state index is 13.3. The van der Waals surface area contributed by atoms with Gasteiger partial charge in [0.2, 0.25) is 0 Å². The van der Waals surface area contributed by atoms with Gasteiger partial charge in [0.05, 0.1) is 22.7 Å². The molecule has 0 spiro atoms. The lowest BCUT2D eigenvalue weighted by Gasteiger charge is -2.12. The van der Waals surface area contributed by atoms with Gasteiger partial charge in [-0.1, -0.05) is 11.6 Å². The molecule has 128 valence electrons. The van der Waals surface area contributed by atoms with E-state index >= 15 is 0 Å². The van der Waals surface area contributed by atoms with Crippen LogP contribution in [0.2, 0.25) is 5.02 Å². The molecule has 24 heavy (non-hydrogen) atoms. The number of ether oxygens (including phenoxy) is 1. The standard InChI is InChI=1S/C12H8ClF3N4O4/c1-2-24-11(21)7-5-18-19(9(7)12(14,15)16)10-8(13)3-6(4-17-10)20(22)23/h3-5H,2H2,1H3. The van der Waals surface area contributed by atoms with E-state index in [4.69, 9.17) is 11.6 Å². The minimum Gasteiger partial charge on any atom is -0.462 e. The summed E-state index contributed by atoms with van der Waals surface area (Å²) >= 11 is 5.77. The summed E-state index contributed by atoms with van der Waals surface area (Å²) in [5.41, 5.74) is -2.76. The molecule has 0 saturated carbocycles. The maximum absolute atomic E-state index is 13.3. The number of carbonyl (C=O) groups excluding carboxylic acids is 1. The van der Waals surface area contributed by atoms with Gasteiger partial charge in [-0.3, -0.25) is 10.1 Å². The molecule has 0 saturated heterocycles. The molecule has 0 aliphatic rings. The van der Waals surface area contributed by atoms with E-state index in [1.807, 2.05) is 0 Å². The van der Waals surface area contributed by atoms with Crippen LogP contribution in [-0.2, 0) is 10.9 Å². The van der Waals surface area contributed by atoms with Crippen LogP contribution in [0.5, 0.6) is 0 Å². The molecule has 0 aliphatic heterocycles.